The first kappa shape index (κ1) is 20.4. The highest BCUT2D eigenvalue weighted by Gasteiger charge is 2.17. The molecule has 0 spiro atoms. The Morgan fingerprint density at radius 2 is 1.88 bits per heavy atom. The lowest BCUT2D eigenvalue weighted by atomic mass is 10.3. The molecule has 0 aliphatic rings. The van der Waals surface area contributed by atoms with E-state index in [1.54, 1.807) is 23.1 Å². The van der Waals surface area contributed by atoms with Gasteiger partial charge >= 0.3 is 0 Å². The molecule has 5 rings (SSSR count). The quantitative estimate of drug-likeness (QED) is 0.393. The number of aryl methyl sites for hydroxylation is 2. The number of benzene rings is 2. The van der Waals surface area contributed by atoms with Crippen LogP contribution in [0.3, 0.4) is 0 Å². The number of amides is 1. The van der Waals surface area contributed by atoms with E-state index in [1.165, 1.54) is 35.2 Å². The predicted octanol–water partition coefficient (Wildman–Crippen LogP) is 5.07. The molecule has 0 aliphatic carbocycles. The maximum atomic E-state index is 13.3. The van der Waals surface area contributed by atoms with Crippen LogP contribution >= 0.6 is 23.1 Å². The van der Waals surface area contributed by atoms with Crippen molar-refractivity contribution < 1.29 is 9.18 Å². The first-order chi connectivity index (χ1) is 15.5. The van der Waals surface area contributed by atoms with Crippen molar-refractivity contribution in [2.24, 2.45) is 7.05 Å². The summed E-state index contributed by atoms with van der Waals surface area (Å²) in [6, 6.07) is 15.5. The number of anilines is 1. The Bertz CT molecular complexity index is 1420. The highest BCUT2D eigenvalue weighted by molar-refractivity contribution is 7.99. The van der Waals surface area contributed by atoms with Crippen LogP contribution in [0.1, 0.15) is 15.4 Å². The van der Waals surface area contributed by atoms with Crippen LogP contribution in [0.2, 0.25) is 0 Å². The summed E-state index contributed by atoms with van der Waals surface area (Å²) in [5.41, 5.74) is 2.26. The van der Waals surface area contributed by atoms with Crippen LogP contribution in [0.4, 0.5) is 10.1 Å². The third-order valence-electron chi connectivity index (χ3n) is 4.83. The smallest absolute Gasteiger partial charge is 0.265 e. The molecule has 0 aliphatic heterocycles. The molecule has 0 atom stereocenters. The van der Waals surface area contributed by atoms with Crippen LogP contribution in [0.25, 0.3) is 15.9 Å². The molecule has 3 aromatic heterocycles. The molecule has 160 valence electrons. The third-order valence-corrected chi connectivity index (χ3v) is 7.00. The van der Waals surface area contributed by atoms with E-state index in [9.17, 15) is 9.18 Å². The van der Waals surface area contributed by atoms with Gasteiger partial charge in [-0.2, -0.15) is 5.10 Å². The van der Waals surface area contributed by atoms with Gasteiger partial charge < -0.3 is 9.88 Å². The van der Waals surface area contributed by atoms with Crippen molar-refractivity contribution in [1.29, 1.82) is 0 Å². The second-order valence-corrected chi connectivity index (χ2v) is 9.18. The van der Waals surface area contributed by atoms with E-state index < -0.39 is 0 Å². The van der Waals surface area contributed by atoms with Gasteiger partial charge in [-0.1, -0.05) is 0 Å². The SMILES string of the molecule is Cc1nn(-c2ccc(F)cc2)c2sc(C(=O)Nc3ccc(Sc4nncn4C)cc3)cc12. The Morgan fingerprint density at radius 3 is 2.56 bits per heavy atom. The number of nitrogens with one attached hydrogen (secondary N) is 1. The number of halogens is 1. The summed E-state index contributed by atoms with van der Waals surface area (Å²) < 4.78 is 16.9. The van der Waals surface area contributed by atoms with Gasteiger partial charge in [0, 0.05) is 23.0 Å². The van der Waals surface area contributed by atoms with Gasteiger partial charge in [-0.15, -0.1) is 21.5 Å². The van der Waals surface area contributed by atoms with Crippen LogP contribution < -0.4 is 5.32 Å². The van der Waals surface area contributed by atoms with E-state index in [0.717, 1.165) is 31.6 Å². The molecule has 0 unspecified atom stereocenters. The standard InChI is InChI=1S/C22H17FN6OS2/c1-13-18-11-19(32-21(18)29(27-13)16-7-3-14(23)4-8-16)20(30)25-15-5-9-17(10-6-15)31-22-26-24-12-28(22)2/h3-12H,1-2H3,(H,25,30). The van der Waals surface area contributed by atoms with Crippen LogP contribution in [0.5, 0.6) is 0 Å². The Balaban J connectivity index is 1.35. The van der Waals surface area contributed by atoms with Gasteiger partial charge in [0.1, 0.15) is 17.0 Å². The molecule has 0 radical (unpaired) electrons. The van der Waals surface area contributed by atoms with Crippen LogP contribution in [-0.2, 0) is 7.05 Å². The second kappa shape index (κ2) is 8.21. The maximum Gasteiger partial charge on any atom is 0.265 e. The lowest BCUT2D eigenvalue weighted by Crippen LogP contribution is -2.10. The minimum absolute atomic E-state index is 0.190. The largest absolute Gasteiger partial charge is 0.321 e. The van der Waals surface area contributed by atoms with Gasteiger partial charge in [-0.25, -0.2) is 9.07 Å². The first-order valence-corrected chi connectivity index (χ1v) is 11.3. The summed E-state index contributed by atoms with van der Waals surface area (Å²) in [5.74, 6) is -0.494. The molecule has 1 amide bonds. The van der Waals surface area contributed by atoms with E-state index in [2.05, 4.69) is 20.6 Å². The van der Waals surface area contributed by atoms with Gasteiger partial charge in [0.05, 0.1) is 16.3 Å². The molecule has 5 aromatic rings. The van der Waals surface area contributed by atoms with Crippen molar-refractivity contribution in [2.75, 3.05) is 5.32 Å². The monoisotopic (exact) mass is 464 g/mol. The molecule has 32 heavy (non-hydrogen) atoms. The molecule has 7 nitrogen and oxygen atoms in total. The molecule has 0 fully saturated rings. The highest BCUT2D eigenvalue weighted by Crippen LogP contribution is 2.31. The van der Waals surface area contributed by atoms with E-state index in [1.807, 2.05) is 48.9 Å². The zero-order chi connectivity index (χ0) is 22.2. The molecular formula is C22H17FN6OS2. The van der Waals surface area contributed by atoms with Gasteiger partial charge in [-0.05, 0) is 73.3 Å². The van der Waals surface area contributed by atoms with Crippen molar-refractivity contribution in [1.82, 2.24) is 24.5 Å². The van der Waals surface area contributed by atoms with Crippen molar-refractivity contribution in [3.05, 3.63) is 77.3 Å². The van der Waals surface area contributed by atoms with Crippen molar-refractivity contribution >= 4 is 44.9 Å². The van der Waals surface area contributed by atoms with E-state index in [-0.39, 0.29) is 11.7 Å². The van der Waals surface area contributed by atoms with Crippen molar-refractivity contribution in [2.45, 2.75) is 17.0 Å². The van der Waals surface area contributed by atoms with Crippen molar-refractivity contribution in [3.8, 4) is 5.69 Å². The average Bonchev–Trinajstić information content (AvgIpc) is 3.47. The topological polar surface area (TPSA) is 77.6 Å². The summed E-state index contributed by atoms with van der Waals surface area (Å²) in [5, 5.41) is 17.1. The number of fused-ring (bicyclic) bond motifs is 1. The molecule has 3 heterocycles. The zero-order valence-electron chi connectivity index (χ0n) is 17.1. The zero-order valence-corrected chi connectivity index (χ0v) is 18.7. The normalized spacial score (nSPS) is 11.2. The summed E-state index contributed by atoms with van der Waals surface area (Å²) in [7, 11) is 1.89. The fourth-order valence-corrected chi connectivity index (χ4v) is 5.03. The predicted molar refractivity (Wildman–Crippen MR) is 123 cm³/mol. The van der Waals surface area contributed by atoms with Crippen LogP contribution in [-0.4, -0.2) is 30.5 Å². The molecule has 2 aromatic carbocycles. The highest BCUT2D eigenvalue weighted by atomic mass is 32.2. The van der Waals surface area contributed by atoms with Gasteiger partial charge in [0.15, 0.2) is 5.16 Å². The fourth-order valence-electron chi connectivity index (χ4n) is 3.19. The lowest BCUT2D eigenvalue weighted by molar-refractivity contribution is 0.103. The number of carbonyl (C=O) groups excluding carboxylic acids is 1. The number of hydrogen-bond acceptors (Lipinski definition) is 6. The Morgan fingerprint density at radius 1 is 1.12 bits per heavy atom. The van der Waals surface area contributed by atoms with E-state index in [0.29, 0.717) is 10.6 Å². The van der Waals surface area contributed by atoms with Gasteiger partial charge in [0.2, 0.25) is 0 Å². The third kappa shape index (κ3) is 3.90. The second-order valence-electron chi connectivity index (χ2n) is 7.11. The summed E-state index contributed by atoms with van der Waals surface area (Å²) >= 11 is 2.85. The van der Waals surface area contributed by atoms with Crippen molar-refractivity contribution in [3.63, 3.8) is 0 Å². The Hall–Kier alpha value is -3.50. The van der Waals surface area contributed by atoms with Crippen LogP contribution in [0.15, 0.2) is 71.0 Å². The number of rotatable bonds is 5. The number of hydrogen-bond donors (Lipinski definition) is 1. The van der Waals surface area contributed by atoms with Gasteiger partial charge in [0.25, 0.3) is 5.91 Å². The molecule has 0 bridgehead atoms. The molecule has 10 heteroatoms. The average molecular weight is 465 g/mol. The Labute approximate surface area is 190 Å². The molecule has 0 saturated carbocycles. The number of aromatic nitrogens is 5. The van der Waals surface area contributed by atoms with Crippen LogP contribution in [0, 0.1) is 12.7 Å². The van der Waals surface area contributed by atoms with Gasteiger partial charge in [-0.3, -0.25) is 4.79 Å². The number of carbonyl (C=O) groups is 1. The molecule has 0 saturated heterocycles. The number of nitrogens with zero attached hydrogens (tertiary/aromatic N) is 5. The minimum atomic E-state index is -0.305. The van der Waals surface area contributed by atoms with E-state index >= 15 is 0 Å². The molecule has 1 N–H and O–H groups in total. The summed E-state index contributed by atoms with van der Waals surface area (Å²) in [6.07, 6.45) is 1.65. The first-order valence-electron chi connectivity index (χ1n) is 9.66. The maximum absolute atomic E-state index is 13.3. The molecular weight excluding hydrogens is 447 g/mol. The summed E-state index contributed by atoms with van der Waals surface area (Å²) in [6.45, 7) is 1.89. The minimum Gasteiger partial charge on any atom is -0.321 e. The lowest BCUT2D eigenvalue weighted by Gasteiger charge is -2.05. The van der Waals surface area contributed by atoms with E-state index in [4.69, 9.17) is 0 Å². The summed E-state index contributed by atoms with van der Waals surface area (Å²) in [4.78, 5) is 15.3. The number of thiophene rings is 1. The fraction of sp³-hybridized carbons (Fsp3) is 0.0909. The Kier molecular flexibility index (Phi) is 5.24.